The van der Waals surface area contributed by atoms with E-state index in [4.69, 9.17) is 20.9 Å². The molecule has 0 aliphatic heterocycles. The second kappa shape index (κ2) is 12.0. The Morgan fingerprint density at radius 3 is 1.68 bits per heavy atom. The summed E-state index contributed by atoms with van der Waals surface area (Å²) in [6, 6.07) is 15.5. The SMILES string of the molecule is NCC(=O)Oc1ccc(C(=NNc2ccc([N+](=O)[O-])cc2[N+](=O)[O-])c2ccc(OC(=O)CN)cc2)cc1. The second-order valence-corrected chi connectivity index (χ2v) is 7.19. The summed E-state index contributed by atoms with van der Waals surface area (Å²) in [4.78, 5) is 43.9. The number of anilines is 1. The molecule has 190 valence electrons. The van der Waals surface area contributed by atoms with Crippen LogP contribution in [0.25, 0.3) is 0 Å². The molecule has 0 radical (unpaired) electrons. The van der Waals surface area contributed by atoms with Crippen LogP contribution >= 0.6 is 0 Å². The van der Waals surface area contributed by atoms with Gasteiger partial charge in [-0.2, -0.15) is 5.10 Å². The van der Waals surface area contributed by atoms with E-state index in [2.05, 4.69) is 10.5 Å². The van der Waals surface area contributed by atoms with Gasteiger partial charge in [-0.3, -0.25) is 35.2 Å². The molecule has 0 spiro atoms. The fraction of sp³-hybridized carbons (Fsp3) is 0.0870. The van der Waals surface area contributed by atoms with Gasteiger partial charge in [-0.25, -0.2) is 0 Å². The van der Waals surface area contributed by atoms with Crippen molar-refractivity contribution in [3.8, 4) is 11.5 Å². The maximum absolute atomic E-state index is 11.5. The largest absolute Gasteiger partial charge is 0.426 e. The monoisotopic (exact) mass is 508 g/mol. The van der Waals surface area contributed by atoms with Crippen LogP contribution in [0.2, 0.25) is 0 Å². The minimum Gasteiger partial charge on any atom is -0.426 e. The highest BCUT2D eigenvalue weighted by atomic mass is 16.6. The number of nitrogens with one attached hydrogen (secondary N) is 1. The molecule has 0 aliphatic rings. The van der Waals surface area contributed by atoms with Gasteiger partial charge >= 0.3 is 17.6 Å². The van der Waals surface area contributed by atoms with E-state index in [1.807, 2.05) is 0 Å². The molecule has 0 atom stereocenters. The summed E-state index contributed by atoms with van der Waals surface area (Å²) >= 11 is 0. The molecule has 14 nitrogen and oxygen atoms in total. The van der Waals surface area contributed by atoms with E-state index < -0.39 is 33.2 Å². The van der Waals surface area contributed by atoms with Gasteiger partial charge in [0, 0.05) is 17.2 Å². The number of benzene rings is 3. The van der Waals surface area contributed by atoms with Gasteiger partial charge in [-0.15, -0.1) is 0 Å². The van der Waals surface area contributed by atoms with Gasteiger partial charge in [0.15, 0.2) is 0 Å². The Hall–Kier alpha value is -5.21. The minimum atomic E-state index is -0.772. The van der Waals surface area contributed by atoms with Crippen molar-refractivity contribution in [1.29, 1.82) is 0 Å². The van der Waals surface area contributed by atoms with Crippen LogP contribution in [-0.2, 0) is 9.59 Å². The molecule has 3 aromatic carbocycles. The molecule has 0 saturated carbocycles. The lowest BCUT2D eigenvalue weighted by atomic mass is 10.0. The smallest absolute Gasteiger partial charge is 0.325 e. The Bertz CT molecular complexity index is 1290. The van der Waals surface area contributed by atoms with Gasteiger partial charge in [-0.1, -0.05) is 0 Å². The van der Waals surface area contributed by atoms with Crippen LogP contribution in [0, 0.1) is 20.2 Å². The third-order valence-electron chi connectivity index (χ3n) is 4.73. The summed E-state index contributed by atoms with van der Waals surface area (Å²) in [6.45, 7) is -0.596. The summed E-state index contributed by atoms with van der Waals surface area (Å²) < 4.78 is 10.1. The first-order chi connectivity index (χ1) is 17.7. The topological polar surface area (TPSA) is 215 Å². The normalized spacial score (nSPS) is 10.2. The van der Waals surface area contributed by atoms with Gasteiger partial charge in [0.25, 0.3) is 5.69 Å². The van der Waals surface area contributed by atoms with Crippen molar-refractivity contribution in [2.45, 2.75) is 0 Å². The number of rotatable bonds is 10. The molecule has 0 unspecified atom stereocenters. The lowest BCUT2D eigenvalue weighted by Gasteiger charge is -2.11. The van der Waals surface area contributed by atoms with Crippen LogP contribution in [0.3, 0.4) is 0 Å². The Kier molecular flexibility index (Phi) is 8.54. The molecule has 3 rings (SSSR count). The maximum Gasteiger partial charge on any atom is 0.325 e. The molecule has 3 aromatic rings. The number of hydrogen-bond donors (Lipinski definition) is 3. The standard InChI is InChI=1S/C23H20N6O8/c24-12-21(30)36-17-6-1-14(2-7-17)23(15-3-8-18(9-4-15)37-22(31)13-25)27-26-19-10-5-16(28(32)33)11-20(19)29(34)35/h1-11,26H,12-13,24-25H2. The van der Waals surface area contributed by atoms with Gasteiger partial charge < -0.3 is 20.9 Å². The average molecular weight is 508 g/mol. The number of carbonyl (C=O) groups excluding carboxylic acids is 2. The quantitative estimate of drug-likeness (QED) is 0.118. The number of esters is 2. The number of nitro benzene ring substituents is 2. The first-order valence-electron chi connectivity index (χ1n) is 10.5. The molecule has 0 bridgehead atoms. The number of nitrogens with two attached hydrogens (primary N) is 2. The van der Waals surface area contributed by atoms with Crippen molar-refractivity contribution in [2.24, 2.45) is 16.6 Å². The van der Waals surface area contributed by atoms with Crippen molar-refractivity contribution >= 4 is 34.7 Å². The Morgan fingerprint density at radius 2 is 1.27 bits per heavy atom. The zero-order chi connectivity index (χ0) is 26.9. The first kappa shape index (κ1) is 26.4. The summed E-state index contributed by atoms with van der Waals surface area (Å²) in [6.07, 6.45) is 0. The summed E-state index contributed by atoms with van der Waals surface area (Å²) in [5, 5.41) is 26.8. The van der Waals surface area contributed by atoms with Gasteiger partial charge in [0.1, 0.15) is 17.2 Å². The van der Waals surface area contributed by atoms with E-state index in [9.17, 15) is 29.8 Å². The highest BCUT2D eigenvalue weighted by Gasteiger charge is 2.20. The third-order valence-corrected chi connectivity index (χ3v) is 4.73. The Balaban J connectivity index is 2.01. The molecule has 14 heteroatoms. The molecule has 37 heavy (non-hydrogen) atoms. The van der Waals surface area contributed by atoms with E-state index in [1.165, 1.54) is 30.3 Å². The van der Waals surface area contributed by atoms with E-state index in [-0.39, 0.29) is 30.3 Å². The number of non-ortho nitro benzene ring substituents is 1. The predicted octanol–water partition coefficient (Wildman–Crippen LogP) is 2.10. The zero-order valence-corrected chi connectivity index (χ0v) is 19.0. The lowest BCUT2D eigenvalue weighted by molar-refractivity contribution is -0.393. The van der Waals surface area contributed by atoms with Crippen LogP contribution < -0.4 is 26.4 Å². The summed E-state index contributed by atoms with van der Waals surface area (Å²) in [5.41, 5.74) is 13.3. The van der Waals surface area contributed by atoms with Gasteiger partial charge in [-0.05, 0) is 54.6 Å². The van der Waals surface area contributed by atoms with Crippen LogP contribution in [0.5, 0.6) is 11.5 Å². The van der Waals surface area contributed by atoms with Crippen LogP contribution in [0.15, 0.2) is 71.8 Å². The molecule has 0 fully saturated rings. The Labute approximate surface area is 208 Å². The third kappa shape index (κ3) is 6.91. The zero-order valence-electron chi connectivity index (χ0n) is 19.0. The fourth-order valence-corrected chi connectivity index (χ4v) is 3.00. The highest BCUT2D eigenvalue weighted by molar-refractivity contribution is 6.13. The van der Waals surface area contributed by atoms with E-state index >= 15 is 0 Å². The Morgan fingerprint density at radius 1 is 0.784 bits per heavy atom. The highest BCUT2D eigenvalue weighted by Crippen LogP contribution is 2.29. The number of carbonyl (C=O) groups is 2. The second-order valence-electron chi connectivity index (χ2n) is 7.19. The van der Waals surface area contributed by atoms with Crippen LogP contribution in [0.4, 0.5) is 17.1 Å². The lowest BCUT2D eigenvalue weighted by Crippen LogP contribution is -2.19. The fourth-order valence-electron chi connectivity index (χ4n) is 3.00. The van der Waals surface area contributed by atoms with Gasteiger partial charge in [0.05, 0.1) is 34.7 Å². The summed E-state index contributed by atoms with van der Waals surface area (Å²) in [5.74, 6) is -0.782. The minimum absolute atomic E-state index is 0.0879. The van der Waals surface area contributed by atoms with Crippen LogP contribution in [-0.4, -0.2) is 40.6 Å². The molecule has 5 N–H and O–H groups in total. The summed E-state index contributed by atoms with van der Waals surface area (Å²) in [7, 11) is 0. The van der Waals surface area contributed by atoms with E-state index in [1.54, 1.807) is 24.3 Å². The number of hydrogen-bond acceptors (Lipinski definition) is 12. The molecule has 0 heterocycles. The molecule has 0 aromatic heterocycles. The first-order valence-corrected chi connectivity index (χ1v) is 10.5. The van der Waals surface area contributed by atoms with Crippen LogP contribution in [0.1, 0.15) is 11.1 Å². The maximum atomic E-state index is 11.5. The number of nitro groups is 2. The number of hydrazone groups is 1. The van der Waals surface area contributed by atoms with E-state index in [0.29, 0.717) is 16.8 Å². The molecular weight excluding hydrogens is 488 g/mol. The van der Waals surface area contributed by atoms with E-state index in [0.717, 1.165) is 12.1 Å². The van der Waals surface area contributed by atoms with Crippen molar-refractivity contribution in [3.05, 3.63) is 98.1 Å². The van der Waals surface area contributed by atoms with Crippen molar-refractivity contribution in [2.75, 3.05) is 18.5 Å². The van der Waals surface area contributed by atoms with Crippen molar-refractivity contribution in [1.82, 2.24) is 0 Å². The van der Waals surface area contributed by atoms with Gasteiger partial charge in [0.2, 0.25) is 0 Å². The molecule has 0 saturated heterocycles. The predicted molar refractivity (Wildman–Crippen MR) is 131 cm³/mol. The molecule has 0 amide bonds. The molecule has 0 aliphatic carbocycles. The van der Waals surface area contributed by atoms with Crippen molar-refractivity contribution in [3.63, 3.8) is 0 Å². The molecular formula is C23H20N6O8. The number of ether oxygens (including phenoxy) is 2. The number of nitrogens with zero attached hydrogens (tertiary/aromatic N) is 3. The average Bonchev–Trinajstić information content (AvgIpc) is 2.90. The van der Waals surface area contributed by atoms with Crippen molar-refractivity contribution < 1.29 is 28.9 Å².